The number of rotatable bonds is 1. The predicted octanol–water partition coefficient (Wildman–Crippen LogP) is 3.35. The van der Waals surface area contributed by atoms with E-state index in [1.54, 1.807) is 0 Å². The maximum atomic E-state index is 6.25. The van der Waals surface area contributed by atoms with Crippen LogP contribution in [0.15, 0.2) is 18.2 Å². The molecule has 0 amide bonds. The van der Waals surface area contributed by atoms with Crippen molar-refractivity contribution >= 4 is 17.3 Å². The smallest absolute Gasteiger partial charge is 0.0496 e. The molecular formula is C14H21ClN2. The topological polar surface area (TPSA) is 29.3 Å². The van der Waals surface area contributed by atoms with Crippen LogP contribution in [0.2, 0.25) is 5.02 Å². The van der Waals surface area contributed by atoms with Crippen LogP contribution in [0, 0.1) is 6.92 Å². The molecule has 0 bridgehead atoms. The lowest BCUT2D eigenvalue weighted by Gasteiger charge is -2.48. The van der Waals surface area contributed by atoms with Crippen LogP contribution >= 0.6 is 11.6 Å². The average Bonchev–Trinajstić information content (AvgIpc) is 2.27. The number of benzene rings is 1. The lowest BCUT2D eigenvalue weighted by molar-refractivity contribution is 0.309. The molecular weight excluding hydrogens is 232 g/mol. The van der Waals surface area contributed by atoms with Crippen molar-refractivity contribution in [3.63, 3.8) is 0 Å². The molecule has 2 nitrogen and oxygen atoms in total. The third-order valence-electron chi connectivity index (χ3n) is 4.03. The van der Waals surface area contributed by atoms with Crippen LogP contribution in [-0.2, 0) is 0 Å². The summed E-state index contributed by atoms with van der Waals surface area (Å²) < 4.78 is 0. The summed E-state index contributed by atoms with van der Waals surface area (Å²) in [4.78, 5) is 2.41. The second kappa shape index (κ2) is 4.51. The predicted molar refractivity (Wildman–Crippen MR) is 74.8 cm³/mol. The second-order valence-corrected chi connectivity index (χ2v) is 5.85. The Labute approximate surface area is 109 Å². The summed E-state index contributed by atoms with van der Waals surface area (Å²) in [5, 5.41) is 0.831. The van der Waals surface area contributed by atoms with Gasteiger partial charge in [-0.3, -0.25) is 0 Å². The van der Waals surface area contributed by atoms with E-state index in [9.17, 15) is 0 Å². The Morgan fingerprint density at radius 3 is 2.82 bits per heavy atom. The number of hydrogen-bond acceptors (Lipinski definition) is 2. The van der Waals surface area contributed by atoms with E-state index in [0.29, 0.717) is 0 Å². The molecule has 1 fully saturated rings. The van der Waals surface area contributed by atoms with Gasteiger partial charge < -0.3 is 10.6 Å². The van der Waals surface area contributed by atoms with E-state index in [1.165, 1.54) is 5.69 Å². The van der Waals surface area contributed by atoms with Crippen LogP contribution in [0.4, 0.5) is 5.69 Å². The van der Waals surface area contributed by atoms with Crippen LogP contribution in [-0.4, -0.2) is 18.1 Å². The Morgan fingerprint density at radius 2 is 2.12 bits per heavy atom. The number of nitrogens with two attached hydrogens (primary N) is 1. The first-order chi connectivity index (χ1) is 7.94. The zero-order chi connectivity index (χ0) is 12.6. The minimum atomic E-state index is -0.00626. The fourth-order valence-corrected chi connectivity index (χ4v) is 2.80. The highest BCUT2D eigenvalue weighted by atomic mass is 35.5. The fourth-order valence-electron chi connectivity index (χ4n) is 2.63. The lowest BCUT2D eigenvalue weighted by atomic mass is 9.84. The zero-order valence-corrected chi connectivity index (χ0v) is 11.6. The summed E-state index contributed by atoms with van der Waals surface area (Å²) in [6.07, 6.45) is 2.25. The SMILES string of the molecule is Cc1c(Cl)cccc1N1CCCC(N)C1(C)C. The highest BCUT2D eigenvalue weighted by molar-refractivity contribution is 6.31. The number of anilines is 1. The molecule has 0 spiro atoms. The molecule has 1 atom stereocenters. The first kappa shape index (κ1) is 12.7. The minimum absolute atomic E-state index is 0.00626. The highest BCUT2D eigenvalue weighted by Gasteiger charge is 2.37. The van der Waals surface area contributed by atoms with Gasteiger partial charge in [0.15, 0.2) is 0 Å². The molecule has 2 rings (SSSR count). The monoisotopic (exact) mass is 252 g/mol. The largest absolute Gasteiger partial charge is 0.365 e. The van der Waals surface area contributed by atoms with E-state index in [-0.39, 0.29) is 11.6 Å². The van der Waals surface area contributed by atoms with Gasteiger partial charge in [-0.15, -0.1) is 0 Å². The molecule has 3 heteroatoms. The molecule has 1 unspecified atom stereocenters. The van der Waals surface area contributed by atoms with Crippen LogP contribution in [0.3, 0.4) is 0 Å². The maximum Gasteiger partial charge on any atom is 0.0496 e. The van der Waals surface area contributed by atoms with E-state index >= 15 is 0 Å². The van der Waals surface area contributed by atoms with Crippen molar-refractivity contribution in [2.75, 3.05) is 11.4 Å². The minimum Gasteiger partial charge on any atom is -0.365 e. The van der Waals surface area contributed by atoms with Crippen molar-refractivity contribution in [2.45, 2.75) is 45.2 Å². The first-order valence-corrected chi connectivity index (χ1v) is 6.60. The van der Waals surface area contributed by atoms with Crippen molar-refractivity contribution in [3.8, 4) is 0 Å². The van der Waals surface area contributed by atoms with E-state index < -0.39 is 0 Å². The standard InChI is InChI=1S/C14H21ClN2/c1-10-11(15)6-4-7-12(10)17-9-5-8-13(16)14(17,2)3/h4,6-7,13H,5,8-9,16H2,1-3H3. The van der Waals surface area contributed by atoms with Crippen LogP contribution in [0.25, 0.3) is 0 Å². The molecule has 1 aromatic carbocycles. The number of nitrogens with zero attached hydrogens (tertiary/aromatic N) is 1. The second-order valence-electron chi connectivity index (χ2n) is 5.44. The summed E-state index contributed by atoms with van der Waals surface area (Å²) in [5.74, 6) is 0. The van der Waals surface area contributed by atoms with Gasteiger partial charge in [0.2, 0.25) is 0 Å². The molecule has 1 aromatic rings. The van der Waals surface area contributed by atoms with Crippen molar-refractivity contribution in [1.82, 2.24) is 0 Å². The van der Waals surface area contributed by atoms with E-state index in [1.807, 2.05) is 12.1 Å². The van der Waals surface area contributed by atoms with Crippen molar-refractivity contribution < 1.29 is 0 Å². The van der Waals surface area contributed by atoms with Crippen LogP contribution in [0.1, 0.15) is 32.3 Å². The Hall–Kier alpha value is -0.730. The quantitative estimate of drug-likeness (QED) is 0.831. The first-order valence-electron chi connectivity index (χ1n) is 6.23. The van der Waals surface area contributed by atoms with Gasteiger partial charge in [-0.25, -0.2) is 0 Å². The molecule has 2 N–H and O–H groups in total. The molecule has 1 heterocycles. The van der Waals surface area contributed by atoms with Gasteiger partial charge in [0.1, 0.15) is 0 Å². The zero-order valence-electron chi connectivity index (χ0n) is 10.8. The Morgan fingerprint density at radius 1 is 1.41 bits per heavy atom. The molecule has 1 aliphatic rings. The Bertz CT molecular complexity index is 415. The van der Waals surface area contributed by atoms with Gasteiger partial charge in [0.25, 0.3) is 0 Å². The summed E-state index contributed by atoms with van der Waals surface area (Å²) in [5.41, 5.74) is 8.62. The highest BCUT2D eigenvalue weighted by Crippen LogP contribution is 2.35. The van der Waals surface area contributed by atoms with Crippen molar-refractivity contribution in [3.05, 3.63) is 28.8 Å². The Balaban J connectivity index is 2.42. The van der Waals surface area contributed by atoms with Crippen LogP contribution in [0.5, 0.6) is 0 Å². The maximum absolute atomic E-state index is 6.25. The number of hydrogen-bond donors (Lipinski definition) is 1. The fraction of sp³-hybridized carbons (Fsp3) is 0.571. The van der Waals surface area contributed by atoms with Gasteiger partial charge in [0, 0.05) is 28.8 Å². The van der Waals surface area contributed by atoms with Crippen LogP contribution < -0.4 is 10.6 Å². The summed E-state index contributed by atoms with van der Waals surface area (Å²) in [6, 6.07) is 6.31. The molecule has 0 aliphatic carbocycles. The summed E-state index contributed by atoms with van der Waals surface area (Å²) in [7, 11) is 0. The third-order valence-corrected chi connectivity index (χ3v) is 4.44. The van der Waals surface area contributed by atoms with Gasteiger partial charge in [-0.1, -0.05) is 17.7 Å². The molecule has 94 valence electrons. The third kappa shape index (κ3) is 2.16. The van der Waals surface area contributed by atoms with Gasteiger partial charge in [0.05, 0.1) is 0 Å². The summed E-state index contributed by atoms with van der Waals surface area (Å²) in [6.45, 7) is 7.57. The van der Waals surface area contributed by atoms with Gasteiger partial charge >= 0.3 is 0 Å². The molecule has 0 radical (unpaired) electrons. The van der Waals surface area contributed by atoms with Gasteiger partial charge in [-0.05, 0) is 51.3 Å². The van der Waals surface area contributed by atoms with E-state index in [4.69, 9.17) is 17.3 Å². The molecule has 0 saturated carbocycles. The Kier molecular flexibility index (Phi) is 3.37. The lowest BCUT2D eigenvalue weighted by Crippen LogP contribution is -2.60. The number of halogens is 1. The van der Waals surface area contributed by atoms with E-state index in [2.05, 4.69) is 31.7 Å². The van der Waals surface area contributed by atoms with Crippen molar-refractivity contribution in [2.24, 2.45) is 5.73 Å². The molecule has 1 saturated heterocycles. The summed E-state index contributed by atoms with van der Waals surface area (Å²) >= 11 is 6.20. The molecule has 1 aliphatic heterocycles. The van der Waals surface area contributed by atoms with Gasteiger partial charge in [-0.2, -0.15) is 0 Å². The average molecular weight is 253 g/mol. The van der Waals surface area contributed by atoms with E-state index in [0.717, 1.165) is 30.0 Å². The normalized spacial score (nSPS) is 23.8. The van der Waals surface area contributed by atoms with Crippen molar-refractivity contribution in [1.29, 1.82) is 0 Å². The molecule has 17 heavy (non-hydrogen) atoms. The number of piperidine rings is 1. The molecule has 0 aromatic heterocycles.